The Balaban J connectivity index is 1.44. The maximum Gasteiger partial charge on any atom is 0.246 e. The summed E-state index contributed by atoms with van der Waals surface area (Å²) in [6, 6.07) is 9.60. The molecule has 2 aliphatic rings. The van der Waals surface area contributed by atoms with Gasteiger partial charge in [0.25, 0.3) is 0 Å². The quantitative estimate of drug-likeness (QED) is 0.711. The number of aryl methyl sites for hydroxylation is 1. The number of piperidine rings is 1. The van der Waals surface area contributed by atoms with Crippen molar-refractivity contribution in [1.82, 2.24) is 20.1 Å². The van der Waals surface area contributed by atoms with E-state index >= 15 is 0 Å². The molecule has 0 radical (unpaired) electrons. The number of aromatic nitrogens is 3. The lowest BCUT2D eigenvalue weighted by Crippen LogP contribution is -2.58. The molecule has 0 aliphatic carbocycles. The standard InChI is InChI=1S/C21H32N6O2S/c1-15-3-5-16(6-4-15)11-18-13-29-19(14-30(2)28)12-27(18)17-7-9-26(10-8-17)21-23-20(22)24-25-21/h3-6,17-19H,7-14H2,1-2H3,(H3,22,23,24,25)/t18-,19+,30?/m0/s1. The monoisotopic (exact) mass is 432 g/mol. The molecule has 164 valence electrons. The summed E-state index contributed by atoms with van der Waals surface area (Å²) in [5, 5.41) is 6.92. The van der Waals surface area contributed by atoms with E-state index in [0.29, 0.717) is 36.3 Å². The minimum atomic E-state index is -0.855. The molecule has 3 atom stereocenters. The Morgan fingerprint density at radius 3 is 2.63 bits per heavy atom. The third-order valence-electron chi connectivity index (χ3n) is 6.13. The van der Waals surface area contributed by atoms with Gasteiger partial charge in [-0.15, -0.1) is 5.10 Å². The molecule has 2 aromatic rings. The molecule has 8 nitrogen and oxygen atoms in total. The lowest BCUT2D eigenvalue weighted by Gasteiger charge is -2.46. The Kier molecular flexibility index (Phi) is 6.70. The van der Waals surface area contributed by atoms with Gasteiger partial charge in [-0.2, -0.15) is 4.98 Å². The van der Waals surface area contributed by atoms with Crippen LogP contribution in [0.1, 0.15) is 24.0 Å². The Morgan fingerprint density at radius 1 is 1.27 bits per heavy atom. The maximum absolute atomic E-state index is 11.8. The third kappa shape index (κ3) is 5.19. The minimum absolute atomic E-state index is 0.0379. The highest BCUT2D eigenvalue weighted by atomic mass is 32.2. The number of H-pyrrole nitrogens is 1. The van der Waals surface area contributed by atoms with Crippen LogP contribution in [0.4, 0.5) is 11.9 Å². The zero-order valence-electron chi connectivity index (χ0n) is 17.8. The van der Waals surface area contributed by atoms with E-state index in [0.717, 1.165) is 38.9 Å². The first kappa shape index (κ1) is 21.3. The van der Waals surface area contributed by atoms with Gasteiger partial charge in [-0.25, -0.2) is 5.10 Å². The first-order valence-corrected chi connectivity index (χ1v) is 12.4. The second-order valence-electron chi connectivity index (χ2n) is 8.47. The molecule has 2 aliphatic heterocycles. The van der Waals surface area contributed by atoms with Crippen LogP contribution >= 0.6 is 0 Å². The van der Waals surface area contributed by atoms with Crippen LogP contribution in [0.25, 0.3) is 0 Å². The number of aromatic amines is 1. The normalized spacial score (nSPS) is 24.8. The van der Waals surface area contributed by atoms with Crippen molar-refractivity contribution >= 4 is 22.7 Å². The number of ether oxygens (including phenoxy) is 1. The number of nitrogen functional groups attached to an aromatic ring is 1. The first-order valence-electron chi connectivity index (χ1n) is 10.6. The predicted molar refractivity (Wildman–Crippen MR) is 120 cm³/mol. The Labute approximate surface area is 180 Å². The van der Waals surface area contributed by atoms with Gasteiger partial charge in [0, 0.05) is 48.8 Å². The highest BCUT2D eigenvalue weighted by Crippen LogP contribution is 2.26. The van der Waals surface area contributed by atoms with Gasteiger partial charge in [0.2, 0.25) is 11.9 Å². The first-order chi connectivity index (χ1) is 14.5. The fourth-order valence-electron chi connectivity index (χ4n) is 4.57. The van der Waals surface area contributed by atoms with Crippen molar-refractivity contribution in [3.05, 3.63) is 35.4 Å². The number of nitrogens with one attached hydrogen (secondary N) is 1. The molecule has 0 amide bonds. The van der Waals surface area contributed by atoms with Crippen molar-refractivity contribution in [2.45, 2.75) is 44.4 Å². The van der Waals surface area contributed by atoms with Crippen molar-refractivity contribution < 1.29 is 8.95 Å². The van der Waals surface area contributed by atoms with Gasteiger partial charge in [0.1, 0.15) is 0 Å². The fourth-order valence-corrected chi connectivity index (χ4v) is 5.29. The lowest BCUT2D eigenvalue weighted by molar-refractivity contribution is -0.0728. The van der Waals surface area contributed by atoms with Gasteiger partial charge < -0.3 is 15.4 Å². The van der Waals surface area contributed by atoms with E-state index < -0.39 is 10.8 Å². The molecular formula is C21H32N6O2S. The van der Waals surface area contributed by atoms with E-state index in [2.05, 4.69) is 56.2 Å². The third-order valence-corrected chi connectivity index (χ3v) is 6.97. The molecule has 2 saturated heterocycles. The summed E-state index contributed by atoms with van der Waals surface area (Å²) < 4.78 is 17.9. The van der Waals surface area contributed by atoms with Crippen LogP contribution < -0.4 is 10.6 Å². The number of morpholine rings is 1. The number of hydrogen-bond acceptors (Lipinski definition) is 7. The van der Waals surface area contributed by atoms with Gasteiger partial charge in [-0.3, -0.25) is 9.11 Å². The molecule has 0 bridgehead atoms. The van der Waals surface area contributed by atoms with Crippen molar-refractivity contribution in [1.29, 1.82) is 0 Å². The molecule has 30 heavy (non-hydrogen) atoms. The highest BCUT2D eigenvalue weighted by Gasteiger charge is 2.36. The van der Waals surface area contributed by atoms with Crippen LogP contribution in [-0.4, -0.2) is 80.7 Å². The van der Waals surface area contributed by atoms with E-state index in [-0.39, 0.29) is 6.10 Å². The Hall–Kier alpha value is -1.97. The SMILES string of the molecule is Cc1ccc(C[C@H]2CO[C@@H](CS(C)=O)CN2C2CCN(c3n[nH]c(N)n3)CC2)cc1. The van der Waals surface area contributed by atoms with Gasteiger partial charge >= 0.3 is 0 Å². The van der Waals surface area contributed by atoms with Crippen molar-refractivity contribution in [3.8, 4) is 0 Å². The summed E-state index contributed by atoms with van der Waals surface area (Å²) in [5.74, 6) is 1.64. The number of rotatable bonds is 6. The van der Waals surface area contributed by atoms with Crippen LogP contribution in [-0.2, 0) is 22.0 Å². The second-order valence-corrected chi connectivity index (χ2v) is 9.95. The second kappa shape index (κ2) is 9.45. The fraction of sp³-hybridized carbons (Fsp3) is 0.619. The zero-order valence-corrected chi connectivity index (χ0v) is 18.6. The van der Waals surface area contributed by atoms with Crippen LogP contribution in [0.3, 0.4) is 0 Å². The molecule has 3 N–H and O–H groups in total. The number of benzene rings is 1. The molecule has 0 saturated carbocycles. The van der Waals surface area contributed by atoms with Crippen molar-refractivity contribution in [2.75, 3.05) is 48.9 Å². The topological polar surface area (TPSA) is 100 Å². The lowest BCUT2D eigenvalue weighted by atomic mass is 9.96. The summed E-state index contributed by atoms with van der Waals surface area (Å²) in [7, 11) is -0.855. The average Bonchev–Trinajstić information content (AvgIpc) is 3.17. The Bertz CT molecular complexity index is 849. The summed E-state index contributed by atoms with van der Waals surface area (Å²) in [4.78, 5) is 9.07. The van der Waals surface area contributed by atoms with Gasteiger partial charge in [0.05, 0.1) is 18.5 Å². The summed E-state index contributed by atoms with van der Waals surface area (Å²) in [6.07, 6.45) is 4.85. The van der Waals surface area contributed by atoms with Crippen LogP contribution in [0.5, 0.6) is 0 Å². The van der Waals surface area contributed by atoms with Gasteiger partial charge in [-0.05, 0) is 31.7 Å². The molecule has 1 unspecified atom stereocenters. The molecule has 4 rings (SSSR count). The van der Waals surface area contributed by atoms with Crippen LogP contribution in [0.2, 0.25) is 0 Å². The molecule has 3 heterocycles. The molecular weight excluding hydrogens is 400 g/mol. The maximum atomic E-state index is 11.8. The molecule has 2 fully saturated rings. The number of nitrogens with zero attached hydrogens (tertiary/aromatic N) is 4. The summed E-state index contributed by atoms with van der Waals surface area (Å²) >= 11 is 0. The average molecular weight is 433 g/mol. The van der Waals surface area contributed by atoms with Crippen LogP contribution in [0.15, 0.2) is 24.3 Å². The van der Waals surface area contributed by atoms with Crippen molar-refractivity contribution in [3.63, 3.8) is 0 Å². The zero-order chi connectivity index (χ0) is 21.1. The van der Waals surface area contributed by atoms with Gasteiger partial charge in [-0.1, -0.05) is 29.8 Å². The summed E-state index contributed by atoms with van der Waals surface area (Å²) in [5.41, 5.74) is 8.30. The number of anilines is 2. The van der Waals surface area contributed by atoms with Crippen LogP contribution in [0, 0.1) is 6.92 Å². The molecule has 1 aromatic heterocycles. The number of hydrogen-bond donors (Lipinski definition) is 2. The van der Waals surface area contributed by atoms with E-state index in [9.17, 15) is 4.21 Å². The smallest absolute Gasteiger partial charge is 0.246 e. The molecule has 1 aromatic carbocycles. The Morgan fingerprint density at radius 2 is 2.00 bits per heavy atom. The van der Waals surface area contributed by atoms with Gasteiger partial charge in [0.15, 0.2) is 0 Å². The van der Waals surface area contributed by atoms with E-state index in [4.69, 9.17) is 10.5 Å². The van der Waals surface area contributed by atoms with E-state index in [1.807, 2.05) is 0 Å². The van der Waals surface area contributed by atoms with Crippen molar-refractivity contribution in [2.24, 2.45) is 0 Å². The minimum Gasteiger partial charge on any atom is -0.374 e. The molecule has 9 heteroatoms. The van der Waals surface area contributed by atoms with E-state index in [1.165, 1.54) is 11.1 Å². The summed E-state index contributed by atoms with van der Waals surface area (Å²) in [6.45, 7) is 5.45. The van der Waals surface area contributed by atoms with E-state index in [1.54, 1.807) is 6.26 Å². The molecule has 0 spiro atoms. The predicted octanol–water partition coefficient (Wildman–Crippen LogP) is 1.35. The largest absolute Gasteiger partial charge is 0.374 e. The highest BCUT2D eigenvalue weighted by molar-refractivity contribution is 7.84. The number of nitrogens with two attached hydrogens (primary N) is 1.